The quantitative estimate of drug-likeness (QED) is 0.868. The second-order valence-corrected chi connectivity index (χ2v) is 6.40. The maximum atomic E-state index is 13.7. The molecule has 0 aliphatic rings. The fourth-order valence-corrected chi connectivity index (χ4v) is 3.14. The summed E-state index contributed by atoms with van der Waals surface area (Å²) in [6.45, 7) is 3.13. The van der Waals surface area contributed by atoms with E-state index in [0.717, 1.165) is 0 Å². The molecule has 1 heterocycles. The fourth-order valence-electron chi connectivity index (χ4n) is 1.85. The van der Waals surface area contributed by atoms with Crippen molar-refractivity contribution in [2.45, 2.75) is 31.8 Å². The number of rotatable bonds is 5. The van der Waals surface area contributed by atoms with Crippen molar-refractivity contribution in [2.24, 2.45) is 5.73 Å². The highest BCUT2D eigenvalue weighted by Crippen LogP contribution is 2.20. The van der Waals surface area contributed by atoms with Crippen LogP contribution in [-0.2, 0) is 23.1 Å². The van der Waals surface area contributed by atoms with Crippen LogP contribution in [0.1, 0.15) is 22.6 Å². The Morgan fingerprint density at radius 1 is 1.33 bits per heavy atom. The van der Waals surface area contributed by atoms with E-state index >= 15 is 0 Å². The first kappa shape index (κ1) is 15.6. The van der Waals surface area contributed by atoms with Crippen LogP contribution in [0.5, 0.6) is 0 Å². The van der Waals surface area contributed by atoms with E-state index in [1.807, 2.05) is 0 Å². The Bertz CT molecular complexity index is 756. The van der Waals surface area contributed by atoms with E-state index in [2.05, 4.69) is 9.88 Å². The van der Waals surface area contributed by atoms with E-state index in [1.54, 1.807) is 13.0 Å². The lowest BCUT2D eigenvalue weighted by Crippen LogP contribution is -2.24. The highest BCUT2D eigenvalue weighted by molar-refractivity contribution is 7.89. The van der Waals surface area contributed by atoms with Gasteiger partial charge in [0.15, 0.2) is 5.76 Å². The Kier molecular flexibility index (Phi) is 4.40. The molecule has 0 saturated carbocycles. The molecule has 0 aliphatic heterocycles. The summed E-state index contributed by atoms with van der Waals surface area (Å²) in [5.41, 5.74) is 6.55. The van der Waals surface area contributed by atoms with Crippen LogP contribution in [0.3, 0.4) is 0 Å². The molecule has 8 heteroatoms. The van der Waals surface area contributed by atoms with Gasteiger partial charge in [0.25, 0.3) is 0 Å². The average molecular weight is 313 g/mol. The summed E-state index contributed by atoms with van der Waals surface area (Å²) in [7, 11) is -3.87. The molecule has 6 nitrogen and oxygen atoms in total. The van der Waals surface area contributed by atoms with Gasteiger partial charge in [0.1, 0.15) is 5.82 Å². The topological polar surface area (TPSA) is 98.2 Å². The van der Waals surface area contributed by atoms with Crippen LogP contribution in [0, 0.1) is 19.7 Å². The van der Waals surface area contributed by atoms with Gasteiger partial charge in [-0.25, -0.2) is 17.5 Å². The first-order chi connectivity index (χ1) is 9.83. The van der Waals surface area contributed by atoms with Crippen molar-refractivity contribution in [1.29, 1.82) is 0 Å². The molecule has 3 N–H and O–H groups in total. The van der Waals surface area contributed by atoms with Crippen LogP contribution in [0.25, 0.3) is 0 Å². The van der Waals surface area contributed by atoms with Crippen molar-refractivity contribution in [2.75, 3.05) is 0 Å². The molecular weight excluding hydrogens is 297 g/mol. The van der Waals surface area contributed by atoms with Gasteiger partial charge in [0.2, 0.25) is 10.0 Å². The van der Waals surface area contributed by atoms with Crippen molar-refractivity contribution >= 4 is 10.0 Å². The fraction of sp³-hybridized carbons (Fsp3) is 0.308. The third-order valence-electron chi connectivity index (χ3n) is 2.99. The van der Waals surface area contributed by atoms with Crippen molar-refractivity contribution < 1.29 is 17.3 Å². The summed E-state index contributed by atoms with van der Waals surface area (Å²) >= 11 is 0. The number of halogens is 1. The second-order valence-electron chi connectivity index (χ2n) is 4.66. The van der Waals surface area contributed by atoms with E-state index in [0.29, 0.717) is 17.0 Å². The number of aromatic nitrogens is 1. The Balaban J connectivity index is 2.29. The predicted octanol–water partition coefficient (Wildman–Crippen LogP) is 1.37. The zero-order valence-corrected chi connectivity index (χ0v) is 12.5. The zero-order valence-electron chi connectivity index (χ0n) is 11.7. The van der Waals surface area contributed by atoms with Gasteiger partial charge in [-0.3, -0.25) is 0 Å². The first-order valence-electron chi connectivity index (χ1n) is 6.24. The standard InChI is InChI=1S/C13H16FN3O3S/c1-8-3-11(20-17-8)7-16-21(18,19)13-5-10(6-15)4-12(14)9(13)2/h3-5,16H,6-7,15H2,1-2H3. The molecule has 0 amide bonds. The first-order valence-corrected chi connectivity index (χ1v) is 7.72. The molecule has 0 saturated heterocycles. The molecule has 2 rings (SSSR count). The Labute approximate surface area is 122 Å². The molecule has 2 aromatic rings. The van der Waals surface area contributed by atoms with Gasteiger partial charge in [-0.2, -0.15) is 0 Å². The van der Waals surface area contributed by atoms with Gasteiger partial charge in [-0.1, -0.05) is 5.16 Å². The maximum absolute atomic E-state index is 13.7. The largest absolute Gasteiger partial charge is 0.360 e. The molecule has 114 valence electrons. The Morgan fingerprint density at radius 3 is 2.62 bits per heavy atom. The summed E-state index contributed by atoms with van der Waals surface area (Å²) in [6.07, 6.45) is 0. The molecule has 1 aromatic heterocycles. The minimum absolute atomic E-state index is 0.0495. The number of nitrogens with one attached hydrogen (secondary N) is 1. The van der Waals surface area contributed by atoms with E-state index in [4.69, 9.17) is 10.3 Å². The number of nitrogens with zero attached hydrogens (tertiary/aromatic N) is 1. The molecule has 0 bridgehead atoms. The smallest absolute Gasteiger partial charge is 0.241 e. The molecule has 0 spiro atoms. The molecule has 1 aromatic carbocycles. The number of nitrogens with two attached hydrogens (primary N) is 1. The SMILES string of the molecule is Cc1cc(CNS(=O)(=O)c2cc(CN)cc(F)c2C)on1. The minimum Gasteiger partial charge on any atom is -0.360 e. The van der Waals surface area contributed by atoms with Gasteiger partial charge >= 0.3 is 0 Å². The normalized spacial score (nSPS) is 11.8. The van der Waals surface area contributed by atoms with E-state index in [9.17, 15) is 12.8 Å². The lowest BCUT2D eigenvalue weighted by atomic mass is 10.1. The van der Waals surface area contributed by atoms with Crippen molar-refractivity contribution in [1.82, 2.24) is 9.88 Å². The van der Waals surface area contributed by atoms with Crippen molar-refractivity contribution in [3.05, 3.63) is 46.6 Å². The summed E-state index contributed by atoms with van der Waals surface area (Å²) < 4.78 is 45.6. The number of hydrogen-bond acceptors (Lipinski definition) is 5. The van der Waals surface area contributed by atoms with Gasteiger partial charge in [0.05, 0.1) is 17.1 Å². The van der Waals surface area contributed by atoms with Crippen LogP contribution < -0.4 is 10.5 Å². The van der Waals surface area contributed by atoms with Crippen molar-refractivity contribution in [3.8, 4) is 0 Å². The van der Waals surface area contributed by atoms with Crippen LogP contribution in [0.4, 0.5) is 4.39 Å². The van der Waals surface area contributed by atoms with Gasteiger partial charge in [-0.05, 0) is 31.5 Å². The monoisotopic (exact) mass is 313 g/mol. The summed E-state index contributed by atoms with van der Waals surface area (Å²) in [5.74, 6) is -0.224. The molecule has 0 fully saturated rings. The molecule has 0 radical (unpaired) electrons. The van der Waals surface area contributed by atoms with Crippen LogP contribution >= 0.6 is 0 Å². The number of hydrogen-bond donors (Lipinski definition) is 2. The summed E-state index contributed by atoms with van der Waals surface area (Å²) in [6, 6.07) is 4.22. The van der Waals surface area contributed by atoms with Crippen molar-refractivity contribution in [3.63, 3.8) is 0 Å². The zero-order chi connectivity index (χ0) is 15.6. The lowest BCUT2D eigenvalue weighted by molar-refractivity contribution is 0.377. The number of aryl methyl sites for hydroxylation is 1. The highest BCUT2D eigenvalue weighted by Gasteiger charge is 2.20. The number of sulfonamides is 1. The second kappa shape index (κ2) is 5.92. The maximum Gasteiger partial charge on any atom is 0.241 e. The summed E-state index contributed by atoms with van der Waals surface area (Å²) in [4.78, 5) is -0.126. The highest BCUT2D eigenvalue weighted by atomic mass is 32.2. The Morgan fingerprint density at radius 2 is 2.05 bits per heavy atom. The lowest BCUT2D eigenvalue weighted by Gasteiger charge is -2.11. The van der Waals surface area contributed by atoms with Gasteiger partial charge in [0, 0.05) is 18.2 Å². The van der Waals surface area contributed by atoms with E-state index in [1.165, 1.54) is 19.1 Å². The average Bonchev–Trinajstić information content (AvgIpc) is 2.85. The third kappa shape index (κ3) is 3.46. The van der Waals surface area contributed by atoms with Crippen LogP contribution in [0.15, 0.2) is 27.6 Å². The van der Waals surface area contributed by atoms with Gasteiger partial charge in [-0.15, -0.1) is 0 Å². The Hall–Kier alpha value is -1.77. The molecular formula is C13H16FN3O3S. The molecule has 21 heavy (non-hydrogen) atoms. The predicted molar refractivity (Wildman–Crippen MR) is 74.3 cm³/mol. The third-order valence-corrected chi connectivity index (χ3v) is 4.52. The number of benzene rings is 1. The molecule has 0 atom stereocenters. The molecule has 0 unspecified atom stereocenters. The van der Waals surface area contributed by atoms with E-state index < -0.39 is 15.8 Å². The summed E-state index contributed by atoms with van der Waals surface area (Å²) in [5, 5.41) is 3.66. The van der Waals surface area contributed by atoms with Crippen LogP contribution in [0.2, 0.25) is 0 Å². The van der Waals surface area contributed by atoms with Gasteiger partial charge < -0.3 is 10.3 Å². The van der Waals surface area contributed by atoms with Crippen LogP contribution in [-0.4, -0.2) is 13.6 Å². The minimum atomic E-state index is -3.87. The van der Waals surface area contributed by atoms with E-state index in [-0.39, 0.29) is 23.5 Å². The molecule has 0 aliphatic carbocycles.